The number of ether oxygens (including phenoxy) is 1. The number of benzene rings is 2. The molecule has 1 amide bonds. The van der Waals surface area contributed by atoms with Crippen molar-refractivity contribution >= 4 is 11.6 Å². The molecular formula is C28H38N2O2. The van der Waals surface area contributed by atoms with Gasteiger partial charge in [-0.1, -0.05) is 63.4 Å². The molecule has 0 radical (unpaired) electrons. The van der Waals surface area contributed by atoms with Crippen LogP contribution in [0, 0.1) is 11.8 Å². The Hall–Kier alpha value is -2.33. The van der Waals surface area contributed by atoms with E-state index in [4.69, 9.17) is 4.74 Å². The number of carbonyl (C=O) groups is 1. The number of amides is 1. The fourth-order valence-electron chi connectivity index (χ4n) is 5.71. The molecule has 1 heterocycles. The number of rotatable bonds is 7. The van der Waals surface area contributed by atoms with Gasteiger partial charge in [-0.25, -0.2) is 0 Å². The Morgan fingerprint density at radius 2 is 1.62 bits per heavy atom. The Kier molecular flexibility index (Phi) is 7.51. The SMILES string of the molecule is CC1CC(C)CN(CCOc2ccc(NC(=O)C3(c4ccccc4)CCCCC3)cc2)C1. The summed E-state index contributed by atoms with van der Waals surface area (Å²) in [6.07, 6.45) is 6.57. The van der Waals surface area contributed by atoms with Gasteiger partial charge in [-0.2, -0.15) is 0 Å². The first kappa shape index (κ1) is 22.8. The largest absolute Gasteiger partial charge is 0.492 e. The van der Waals surface area contributed by atoms with Gasteiger partial charge in [0.15, 0.2) is 0 Å². The molecule has 32 heavy (non-hydrogen) atoms. The first-order valence-corrected chi connectivity index (χ1v) is 12.4. The highest BCUT2D eigenvalue weighted by Crippen LogP contribution is 2.40. The van der Waals surface area contributed by atoms with Crippen molar-refractivity contribution in [1.29, 1.82) is 0 Å². The van der Waals surface area contributed by atoms with E-state index < -0.39 is 5.41 Å². The molecule has 2 aromatic carbocycles. The van der Waals surface area contributed by atoms with Crippen LogP contribution in [0.2, 0.25) is 0 Å². The van der Waals surface area contributed by atoms with Gasteiger partial charge in [0, 0.05) is 25.3 Å². The molecule has 4 heteroatoms. The molecule has 2 aliphatic rings. The van der Waals surface area contributed by atoms with Crippen molar-refractivity contribution in [2.24, 2.45) is 11.8 Å². The number of carbonyl (C=O) groups excluding carboxylic acids is 1. The number of hydrogen-bond donors (Lipinski definition) is 1. The summed E-state index contributed by atoms with van der Waals surface area (Å²) in [6.45, 7) is 8.68. The van der Waals surface area contributed by atoms with Crippen LogP contribution in [-0.2, 0) is 10.2 Å². The van der Waals surface area contributed by atoms with Crippen molar-refractivity contribution in [3.05, 3.63) is 60.2 Å². The zero-order chi connectivity index (χ0) is 22.4. The van der Waals surface area contributed by atoms with Crippen LogP contribution in [0.4, 0.5) is 5.69 Å². The molecule has 0 aromatic heterocycles. The Bertz CT molecular complexity index is 849. The second kappa shape index (κ2) is 10.5. The topological polar surface area (TPSA) is 41.6 Å². The van der Waals surface area contributed by atoms with Gasteiger partial charge in [-0.05, 0) is 60.9 Å². The van der Waals surface area contributed by atoms with Crippen molar-refractivity contribution in [3.8, 4) is 5.75 Å². The van der Waals surface area contributed by atoms with Crippen LogP contribution < -0.4 is 10.1 Å². The smallest absolute Gasteiger partial charge is 0.235 e. The zero-order valence-corrected chi connectivity index (χ0v) is 19.7. The molecule has 0 spiro atoms. The van der Waals surface area contributed by atoms with E-state index in [0.29, 0.717) is 6.61 Å². The number of likely N-dealkylation sites (tertiary alicyclic amines) is 1. The average molecular weight is 435 g/mol. The third-order valence-electron chi connectivity index (χ3n) is 7.20. The Balaban J connectivity index is 1.33. The van der Waals surface area contributed by atoms with Crippen LogP contribution in [0.15, 0.2) is 54.6 Å². The van der Waals surface area contributed by atoms with E-state index in [1.54, 1.807) is 0 Å². The van der Waals surface area contributed by atoms with Crippen LogP contribution >= 0.6 is 0 Å². The van der Waals surface area contributed by atoms with Crippen molar-refractivity contribution < 1.29 is 9.53 Å². The Labute approximate surface area is 193 Å². The summed E-state index contributed by atoms with van der Waals surface area (Å²) in [6, 6.07) is 18.1. The minimum Gasteiger partial charge on any atom is -0.492 e. The van der Waals surface area contributed by atoms with Gasteiger partial charge in [0.1, 0.15) is 12.4 Å². The first-order valence-electron chi connectivity index (χ1n) is 12.4. The molecule has 4 nitrogen and oxygen atoms in total. The lowest BCUT2D eigenvalue weighted by Gasteiger charge is -2.36. The highest BCUT2D eigenvalue weighted by Gasteiger charge is 2.41. The molecule has 1 aliphatic carbocycles. The lowest BCUT2D eigenvalue weighted by Crippen LogP contribution is -2.42. The average Bonchev–Trinajstić information content (AvgIpc) is 2.80. The first-order chi connectivity index (χ1) is 15.5. The van der Waals surface area contributed by atoms with Crippen LogP contribution in [0.25, 0.3) is 0 Å². The number of piperidine rings is 1. The molecule has 2 fully saturated rings. The van der Waals surface area contributed by atoms with E-state index in [2.05, 4.69) is 36.2 Å². The second-order valence-electron chi connectivity index (χ2n) is 10.0. The second-order valence-corrected chi connectivity index (χ2v) is 10.0. The Morgan fingerprint density at radius 3 is 2.28 bits per heavy atom. The van der Waals surface area contributed by atoms with E-state index in [-0.39, 0.29) is 5.91 Å². The molecule has 172 valence electrons. The predicted octanol–water partition coefficient (Wildman–Crippen LogP) is 5.88. The van der Waals surface area contributed by atoms with E-state index in [9.17, 15) is 4.79 Å². The number of anilines is 1. The van der Waals surface area contributed by atoms with E-state index in [0.717, 1.165) is 61.1 Å². The van der Waals surface area contributed by atoms with Gasteiger partial charge >= 0.3 is 0 Å². The maximum atomic E-state index is 13.4. The maximum Gasteiger partial charge on any atom is 0.235 e. The molecule has 2 atom stereocenters. The predicted molar refractivity (Wildman–Crippen MR) is 131 cm³/mol. The minimum atomic E-state index is -0.419. The summed E-state index contributed by atoms with van der Waals surface area (Å²) < 4.78 is 5.99. The number of nitrogens with zero attached hydrogens (tertiary/aromatic N) is 1. The van der Waals surface area contributed by atoms with Gasteiger partial charge in [-0.15, -0.1) is 0 Å². The summed E-state index contributed by atoms with van der Waals surface area (Å²) in [5.41, 5.74) is 1.55. The molecule has 1 saturated heterocycles. The molecule has 2 unspecified atom stereocenters. The van der Waals surface area contributed by atoms with Crippen molar-refractivity contribution in [2.75, 3.05) is 31.6 Å². The van der Waals surface area contributed by atoms with Crippen molar-refractivity contribution in [2.45, 2.75) is 57.8 Å². The molecule has 1 aliphatic heterocycles. The molecule has 1 N–H and O–H groups in total. The standard InChI is InChI=1S/C28H38N2O2/c1-22-19-23(2)21-30(20-22)17-18-32-26-13-11-25(12-14-26)29-27(31)28(15-7-4-8-16-28)24-9-5-3-6-10-24/h3,5-6,9-14,22-23H,4,7-8,15-21H2,1-2H3,(H,29,31). The van der Waals surface area contributed by atoms with E-state index in [1.165, 1.54) is 25.9 Å². The molecular weight excluding hydrogens is 396 g/mol. The summed E-state index contributed by atoms with van der Waals surface area (Å²) in [7, 11) is 0. The molecule has 1 saturated carbocycles. The fraction of sp³-hybridized carbons (Fsp3) is 0.536. The van der Waals surface area contributed by atoms with Gasteiger partial charge in [0.2, 0.25) is 5.91 Å². The van der Waals surface area contributed by atoms with Crippen LogP contribution in [-0.4, -0.2) is 37.0 Å². The van der Waals surface area contributed by atoms with Crippen LogP contribution in [0.1, 0.15) is 57.9 Å². The number of nitrogens with one attached hydrogen (secondary N) is 1. The summed E-state index contributed by atoms with van der Waals surface area (Å²) in [4.78, 5) is 15.9. The summed E-state index contributed by atoms with van der Waals surface area (Å²) >= 11 is 0. The maximum absolute atomic E-state index is 13.4. The quantitative estimate of drug-likeness (QED) is 0.591. The zero-order valence-electron chi connectivity index (χ0n) is 19.7. The van der Waals surface area contributed by atoms with Crippen molar-refractivity contribution in [1.82, 2.24) is 4.90 Å². The normalized spacial score (nSPS) is 23.4. The van der Waals surface area contributed by atoms with Gasteiger partial charge in [-0.3, -0.25) is 9.69 Å². The Morgan fingerprint density at radius 1 is 0.969 bits per heavy atom. The third-order valence-corrected chi connectivity index (χ3v) is 7.20. The summed E-state index contributed by atoms with van der Waals surface area (Å²) in [5, 5.41) is 3.19. The molecule has 4 rings (SSSR count). The van der Waals surface area contributed by atoms with Crippen LogP contribution in [0.3, 0.4) is 0 Å². The van der Waals surface area contributed by atoms with Crippen LogP contribution in [0.5, 0.6) is 5.75 Å². The van der Waals surface area contributed by atoms with Gasteiger partial charge in [0.05, 0.1) is 5.41 Å². The van der Waals surface area contributed by atoms with E-state index >= 15 is 0 Å². The highest BCUT2D eigenvalue weighted by atomic mass is 16.5. The molecule has 2 aromatic rings. The fourth-order valence-corrected chi connectivity index (χ4v) is 5.71. The molecule has 0 bridgehead atoms. The minimum absolute atomic E-state index is 0.116. The third kappa shape index (κ3) is 5.53. The highest BCUT2D eigenvalue weighted by molar-refractivity contribution is 5.99. The summed E-state index contributed by atoms with van der Waals surface area (Å²) in [5.74, 6) is 2.51. The van der Waals surface area contributed by atoms with E-state index in [1.807, 2.05) is 42.5 Å². The van der Waals surface area contributed by atoms with Gasteiger partial charge < -0.3 is 10.1 Å². The van der Waals surface area contributed by atoms with Gasteiger partial charge in [0.25, 0.3) is 0 Å². The lowest BCUT2D eigenvalue weighted by atomic mass is 9.68. The van der Waals surface area contributed by atoms with Crippen molar-refractivity contribution in [3.63, 3.8) is 0 Å². The monoisotopic (exact) mass is 434 g/mol. The number of hydrogen-bond acceptors (Lipinski definition) is 3. The lowest BCUT2D eigenvalue weighted by molar-refractivity contribution is -0.122.